The van der Waals surface area contributed by atoms with Crippen molar-refractivity contribution in [2.45, 2.75) is 26.7 Å². The van der Waals surface area contributed by atoms with E-state index in [4.69, 9.17) is 0 Å². The van der Waals surface area contributed by atoms with Gasteiger partial charge in [-0.15, -0.1) is 0 Å². The van der Waals surface area contributed by atoms with Gasteiger partial charge in [-0.2, -0.15) is 0 Å². The first-order chi connectivity index (χ1) is 9.62. The minimum Gasteiger partial charge on any atom is -0.373 e. The zero-order chi connectivity index (χ0) is 14.5. The maximum absolute atomic E-state index is 13.3. The van der Waals surface area contributed by atoms with Crippen LogP contribution in [0.5, 0.6) is 0 Å². The van der Waals surface area contributed by atoms with E-state index < -0.39 is 0 Å². The summed E-state index contributed by atoms with van der Waals surface area (Å²) in [5, 5.41) is 6.17. The van der Waals surface area contributed by atoms with Gasteiger partial charge in [0.25, 0.3) is 0 Å². The normalized spacial score (nSPS) is 10.4. The van der Waals surface area contributed by atoms with E-state index in [1.807, 2.05) is 20.0 Å². The molecule has 0 fully saturated rings. The van der Waals surface area contributed by atoms with Crippen LogP contribution in [0.1, 0.15) is 24.7 Å². The number of nitrogens with one attached hydrogen (secondary N) is 2. The molecule has 0 bridgehead atoms. The molecule has 0 amide bonds. The number of rotatable bonds is 5. The monoisotopic (exact) mass is 274 g/mol. The van der Waals surface area contributed by atoms with E-state index >= 15 is 0 Å². The molecule has 5 heteroatoms. The molecule has 2 aromatic rings. The molecule has 0 aliphatic rings. The summed E-state index contributed by atoms with van der Waals surface area (Å²) in [5.74, 6) is 1.92. The first-order valence-electron chi connectivity index (χ1n) is 6.71. The molecule has 1 aromatic carbocycles. The Morgan fingerprint density at radius 2 is 1.90 bits per heavy atom. The van der Waals surface area contributed by atoms with Gasteiger partial charge in [-0.1, -0.05) is 13.0 Å². The zero-order valence-electron chi connectivity index (χ0n) is 12.0. The van der Waals surface area contributed by atoms with Crippen molar-refractivity contribution in [2.24, 2.45) is 0 Å². The van der Waals surface area contributed by atoms with E-state index in [0.717, 1.165) is 30.0 Å². The lowest BCUT2D eigenvalue weighted by Crippen LogP contribution is -2.04. The average molecular weight is 274 g/mol. The highest BCUT2D eigenvalue weighted by atomic mass is 19.1. The van der Waals surface area contributed by atoms with Crippen LogP contribution in [-0.2, 0) is 6.42 Å². The van der Waals surface area contributed by atoms with Crippen LogP contribution in [0.3, 0.4) is 0 Å². The van der Waals surface area contributed by atoms with Gasteiger partial charge in [0.2, 0.25) is 0 Å². The van der Waals surface area contributed by atoms with Gasteiger partial charge in [-0.25, -0.2) is 14.4 Å². The number of halogens is 1. The second-order valence-corrected chi connectivity index (χ2v) is 4.64. The Morgan fingerprint density at radius 1 is 1.15 bits per heavy atom. The number of aryl methyl sites for hydroxylation is 2. The highest BCUT2D eigenvalue weighted by Gasteiger charge is 2.06. The summed E-state index contributed by atoms with van der Waals surface area (Å²) in [6.07, 6.45) is 1.79. The predicted molar refractivity (Wildman–Crippen MR) is 80.0 cm³/mol. The number of anilines is 3. The van der Waals surface area contributed by atoms with Crippen LogP contribution in [0.15, 0.2) is 24.3 Å². The molecule has 1 aromatic heterocycles. The molecular formula is C15H19FN4. The number of hydrogen-bond donors (Lipinski definition) is 2. The van der Waals surface area contributed by atoms with Crippen molar-refractivity contribution in [3.05, 3.63) is 41.5 Å². The molecule has 0 atom stereocenters. The predicted octanol–water partition coefficient (Wildman–Crippen LogP) is 3.66. The summed E-state index contributed by atoms with van der Waals surface area (Å²) in [6, 6.07) is 6.46. The second kappa shape index (κ2) is 6.32. The van der Waals surface area contributed by atoms with E-state index in [1.165, 1.54) is 12.1 Å². The number of hydrogen-bond acceptors (Lipinski definition) is 4. The number of benzene rings is 1. The van der Waals surface area contributed by atoms with Gasteiger partial charge >= 0.3 is 0 Å². The smallest absolute Gasteiger partial charge is 0.136 e. The molecule has 0 radical (unpaired) electrons. The first-order valence-corrected chi connectivity index (χ1v) is 6.71. The highest BCUT2D eigenvalue weighted by molar-refractivity contribution is 5.62. The molecule has 0 spiro atoms. The molecule has 0 saturated carbocycles. The third-order valence-corrected chi connectivity index (χ3v) is 2.96. The number of aromatic nitrogens is 2. The van der Waals surface area contributed by atoms with E-state index in [0.29, 0.717) is 11.5 Å². The van der Waals surface area contributed by atoms with Gasteiger partial charge in [0.05, 0.1) is 0 Å². The fraction of sp³-hybridized carbons (Fsp3) is 0.333. The van der Waals surface area contributed by atoms with E-state index in [-0.39, 0.29) is 5.82 Å². The zero-order valence-corrected chi connectivity index (χ0v) is 12.0. The van der Waals surface area contributed by atoms with Crippen molar-refractivity contribution in [1.82, 2.24) is 9.97 Å². The Kier molecular flexibility index (Phi) is 4.50. The van der Waals surface area contributed by atoms with Crippen LogP contribution in [0, 0.1) is 12.7 Å². The second-order valence-electron chi connectivity index (χ2n) is 4.64. The number of nitrogens with zero attached hydrogens (tertiary/aromatic N) is 2. The lowest BCUT2D eigenvalue weighted by molar-refractivity contribution is 0.628. The Bertz CT molecular complexity index is 598. The molecular weight excluding hydrogens is 255 g/mol. The quantitative estimate of drug-likeness (QED) is 0.873. The molecule has 4 nitrogen and oxygen atoms in total. The summed E-state index contributed by atoms with van der Waals surface area (Å²) in [7, 11) is 1.81. The molecule has 0 saturated heterocycles. The Labute approximate surface area is 118 Å². The summed E-state index contributed by atoms with van der Waals surface area (Å²) >= 11 is 0. The van der Waals surface area contributed by atoms with Gasteiger partial charge < -0.3 is 10.6 Å². The molecule has 0 aliphatic heterocycles. The maximum Gasteiger partial charge on any atom is 0.136 e. The summed E-state index contributed by atoms with van der Waals surface area (Å²) in [5.41, 5.74) is 1.68. The summed E-state index contributed by atoms with van der Waals surface area (Å²) < 4.78 is 13.3. The topological polar surface area (TPSA) is 49.8 Å². The molecule has 0 unspecified atom stereocenters. The summed E-state index contributed by atoms with van der Waals surface area (Å²) in [6.45, 7) is 4.01. The van der Waals surface area contributed by atoms with Crippen molar-refractivity contribution in [3.8, 4) is 0 Å². The Morgan fingerprint density at radius 3 is 2.60 bits per heavy atom. The van der Waals surface area contributed by atoms with Crippen molar-refractivity contribution >= 4 is 17.3 Å². The van der Waals surface area contributed by atoms with Gasteiger partial charge in [-0.3, -0.25) is 0 Å². The van der Waals surface area contributed by atoms with Gasteiger partial charge in [0, 0.05) is 25.2 Å². The van der Waals surface area contributed by atoms with Gasteiger partial charge in [-0.05, 0) is 31.0 Å². The van der Waals surface area contributed by atoms with Crippen LogP contribution in [0.25, 0.3) is 0 Å². The fourth-order valence-electron chi connectivity index (χ4n) is 1.89. The van der Waals surface area contributed by atoms with E-state index in [1.54, 1.807) is 6.07 Å². The summed E-state index contributed by atoms with van der Waals surface area (Å²) in [4.78, 5) is 8.84. The average Bonchev–Trinajstić information content (AvgIpc) is 2.43. The van der Waals surface area contributed by atoms with Crippen LogP contribution in [-0.4, -0.2) is 17.0 Å². The third kappa shape index (κ3) is 3.44. The Balaban J connectivity index is 2.32. The SMILES string of the molecule is CCCc1nc(NC)cc(Nc2cc(F)ccc2C)n1. The standard InChI is InChI=1S/C15H19FN4/c1-4-5-13-19-14(17-3)9-15(20-13)18-12-8-11(16)7-6-10(12)2/h6-9H,4-5H2,1-3H3,(H2,17,18,19,20). The van der Waals surface area contributed by atoms with Crippen molar-refractivity contribution in [2.75, 3.05) is 17.7 Å². The highest BCUT2D eigenvalue weighted by Crippen LogP contribution is 2.22. The van der Waals surface area contributed by atoms with Crippen LogP contribution < -0.4 is 10.6 Å². The van der Waals surface area contributed by atoms with Crippen molar-refractivity contribution in [3.63, 3.8) is 0 Å². The first kappa shape index (κ1) is 14.2. The molecule has 1 heterocycles. The lowest BCUT2D eigenvalue weighted by Gasteiger charge is -2.11. The molecule has 2 rings (SSSR count). The largest absolute Gasteiger partial charge is 0.373 e. The Hall–Kier alpha value is -2.17. The van der Waals surface area contributed by atoms with Gasteiger partial charge in [0.15, 0.2) is 0 Å². The van der Waals surface area contributed by atoms with E-state index in [2.05, 4.69) is 27.5 Å². The maximum atomic E-state index is 13.3. The van der Waals surface area contributed by atoms with Gasteiger partial charge in [0.1, 0.15) is 23.3 Å². The minimum atomic E-state index is -0.269. The fourth-order valence-corrected chi connectivity index (χ4v) is 1.89. The van der Waals surface area contributed by atoms with Crippen LogP contribution in [0.2, 0.25) is 0 Å². The molecule has 2 N–H and O–H groups in total. The van der Waals surface area contributed by atoms with Crippen LogP contribution >= 0.6 is 0 Å². The molecule has 106 valence electrons. The molecule has 0 aliphatic carbocycles. The van der Waals surface area contributed by atoms with Crippen LogP contribution in [0.4, 0.5) is 21.7 Å². The molecule has 20 heavy (non-hydrogen) atoms. The van der Waals surface area contributed by atoms with Crippen molar-refractivity contribution in [1.29, 1.82) is 0 Å². The van der Waals surface area contributed by atoms with E-state index in [9.17, 15) is 4.39 Å². The van der Waals surface area contributed by atoms with Crippen molar-refractivity contribution < 1.29 is 4.39 Å². The minimum absolute atomic E-state index is 0.269. The lowest BCUT2D eigenvalue weighted by atomic mass is 10.2. The third-order valence-electron chi connectivity index (χ3n) is 2.96.